The number of carbonyl (C=O) groups excluding carboxylic acids is 4. The van der Waals surface area contributed by atoms with Crippen molar-refractivity contribution in [1.29, 1.82) is 0 Å². The lowest BCUT2D eigenvalue weighted by molar-refractivity contribution is -0.127. The van der Waals surface area contributed by atoms with Gasteiger partial charge in [0.2, 0.25) is 29.0 Å². The highest BCUT2D eigenvalue weighted by Gasteiger charge is 2.74. The fourth-order valence-corrected chi connectivity index (χ4v) is 5.65. The molecule has 2 saturated heterocycles. The van der Waals surface area contributed by atoms with E-state index in [1.807, 2.05) is 0 Å². The van der Waals surface area contributed by atoms with Crippen molar-refractivity contribution in [2.45, 2.75) is 18.6 Å². The molecule has 1 spiro atoms. The highest BCUT2D eigenvalue weighted by Crippen LogP contribution is 2.57. The minimum absolute atomic E-state index is 0.133. The molecule has 35 heavy (non-hydrogen) atoms. The van der Waals surface area contributed by atoms with Crippen molar-refractivity contribution >= 4 is 40.7 Å². The number of hydrogen-bond donors (Lipinski definition) is 0. The summed E-state index contributed by atoms with van der Waals surface area (Å²) in [6, 6.07) is 16.4. The number of imide groups is 1. The lowest BCUT2D eigenvalue weighted by atomic mass is 9.77. The molecule has 3 unspecified atom stereocenters. The first-order valence-electron chi connectivity index (χ1n) is 11.0. The zero-order valence-electron chi connectivity index (χ0n) is 18.3. The summed E-state index contributed by atoms with van der Waals surface area (Å²) in [4.78, 5) is 55.9. The van der Waals surface area contributed by atoms with Gasteiger partial charge in [-0.05, 0) is 42.3 Å². The van der Waals surface area contributed by atoms with Crippen LogP contribution >= 0.6 is 11.6 Å². The van der Waals surface area contributed by atoms with Crippen LogP contribution in [0.5, 0.6) is 0 Å². The Morgan fingerprint density at radius 3 is 2.20 bits per heavy atom. The smallest absolute Gasteiger partial charge is 0.241 e. The molecule has 6 rings (SSSR count). The van der Waals surface area contributed by atoms with Gasteiger partial charge in [0, 0.05) is 16.1 Å². The molecule has 1 aliphatic carbocycles. The van der Waals surface area contributed by atoms with Crippen LogP contribution in [-0.4, -0.2) is 29.0 Å². The van der Waals surface area contributed by atoms with Gasteiger partial charge in [-0.1, -0.05) is 54.1 Å². The average Bonchev–Trinajstić information content (AvgIpc) is 3.41. The maximum Gasteiger partial charge on any atom is 0.241 e. The van der Waals surface area contributed by atoms with Crippen molar-refractivity contribution in [2.24, 2.45) is 11.8 Å². The van der Waals surface area contributed by atoms with E-state index in [4.69, 9.17) is 16.3 Å². The van der Waals surface area contributed by atoms with Crippen molar-refractivity contribution in [3.05, 3.63) is 99.8 Å². The van der Waals surface area contributed by atoms with E-state index < -0.39 is 52.7 Å². The maximum absolute atomic E-state index is 14.1. The third kappa shape index (κ3) is 2.79. The summed E-state index contributed by atoms with van der Waals surface area (Å²) in [5.74, 6) is -5.89. The number of halogens is 2. The lowest BCUT2D eigenvalue weighted by Crippen LogP contribution is -2.51. The number of Topliss-reactive ketones (excluding diaryl/α,β-unsaturated/α-hetero) is 2. The molecule has 3 atom stereocenters. The lowest BCUT2D eigenvalue weighted by Gasteiger charge is -2.27. The molecule has 3 aromatic carbocycles. The van der Waals surface area contributed by atoms with E-state index in [1.165, 1.54) is 36.4 Å². The van der Waals surface area contributed by atoms with Gasteiger partial charge in [0.05, 0.1) is 23.6 Å². The van der Waals surface area contributed by atoms with E-state index in [1.54, 1.807) is 37.3 Å². The number of fused-ring (bicyclic) bond motifs is 3. The van der Waals surface area contributed by atoms with Crippen LogP contribution in [0.25, 0.3) is 0 Å². The molecular weight excluding hydrogens is 473 g/mol. The predicted octanol–water partition coefficient (Wildman–Crippen LogP) is 4.48. The number of hydrogen-bond acceptors (Lipinski definition) is 5. The Balaban J connectivity index is 1.55. The molecule has 3 aromatic rings. The molecule has 3 aliphatic rings. The van der Waals surface area contributed by atoms with E-state index in [0.29, 0.717) is 5.02 Å². The van der Waals surface area contributed by atoms with Gasteiger partial charge in [-0.25, -0.2) is 9.29 Å². The second kappa shape index (κ2) is 7.41. The molecule has 0 bridgehead atoms. The standard InChI is InChI=1S/C27H17ClFNO5/c1-13-9-10-16(12-19(13)28)30-25(33)20-21(26(30)34)27(35-22(20)14-5-4-6-15(29)11-14)23(31)17-7-2-3-8-18(17)24(27)32/h2-12,20-22H,1H3. The Kier molecular flexibility index (Phi) is 4.62. The van der Waals surface area contributed by atoms with Gasteiger partial charge in [-0.3, -0.25) is 19.2 Å². The molecule has 2 heterocycles. The topological polar surface area (TPSA) is 80.8 Å². The quantitative estimate of drug-likeness (QED) is 0.391. The summed E-state index contributed by atoms with van der Waals surface area (Å²) < 4.78 is 20.3. The first-order valence-corrected chi connectivity index (χ1v) is 11.4. The number of carbonyl (C=O) groups is 4. The third-order valence-corrected chi connectivity index (χ3v) is 7.52. The first-order chi connectivity index (χ1) is 16.8. The van der Waals surface area contributed by atoms with E-state index in [-0.39, 0.29) is 22.4 Å². The third-order valence-electron chi connectivity index (χ3n) is 7.11. The minimum Gasteiger partial charge on any atom is -0.349 e. The van der Waals surface area contributed by atoms with Crippen LogP contribution in [0, 0.1) is 24.6 Å². The summed E-state index contributed by atoms with van der Waals surface area (Å²) >= 11 is 6.25. The zero-order valence-corrected chi connectivity index (χ0v) is 19.1. The molecule has 0 aromatic heterocycles. The van der Waals surface area contributed by atoms with Gasteiger partial charge in [0.25, 0.3) is 0 Å². The number of benzene rings is 3. The van der Waals surface area contributed by atoms with Crippen LogP contribution < -0.4 is 4.90 Å². The van der Waals surface area contributed by atoms with Crippen molar-refractivity contribution in [3.8, 4) is 0 Å². The first kappa shape index (κ1) is 21.8. The van der Waals surface area contributed by atoms with Gasteiger partial charge in [-0.15, -0.1) is 0 Å². The number of amides is 2. The Labute approximate surface area is 204 Å². The van der Waals surface area contributed by atoms with Crippen molar-refractivity contribution < 1.29 is 28.3 Å². The Morgan fingerprint density at radius 1 is 0.886 bits per heavy atom. The summed E-state index contributed by atoms with van der Waals surface area (Å²) in [6.07, 6.45) is -1.18. The van der Waals surface area contributed by atoms with Crippen LogP contribution in [-0.2, 0) is 14.3 Å². The fourth-order valence-electron chi connectivity index (χ4n) is 5.48. The highest BCUT2D eigenvalue weighted by atomic mass is 35.5. The molecule has 2 aliphatic heterocycles. The monoisotopic (exact) mass is 489 g/mol. The number of nitrogens with zero attached hydrogens (tertiary/aromatic N) is 1. The van der Waals surface area contributed by atoms with Crippen molar-refractivity contribution in [2.75, 3.05) is 4.90 Å². The van der Waals surface area contributed by atoms with Crippen LogP contribution in [0.4, 0.5) is 10.1 Å². The zero-order chi connectivity index (χ0) is 24.6. The minimum atomic E-state index is -2.21. The van der Waals surface area contributed by atoms with E-state index >= 15 is 0 Å². The SMILES string of the molecule is Cc1ccc(N2C(=O)C3C(c4cccc(F)c4)OC4(C(=O)c5ccccc5C4=O)C3C2=O)cc1Cl. The largest absolute Gasteiger partial charge is 0.349 e. The fraction of sp³-hybridized carbons (Fsp3) is 0.185. The Hall–Kier alpha value is -3.68. The maximum atomic E-state index is 14.1. The summed E-state index contributed by atoms with van der Waals surface area (Å²) in [6.45, 7) is 1.78. The van der Waals surface area contributed by atoms with Gasteiger partial charge in [0.15, 0.2) is 0 Å². The van der Waals surface area contributed by atoms with Gasteiger partial charge >= 0.3 is 0 Å². The summed E-state index contributed by atoms with van der Waals surface area (Å²) in [5.41, 5.74) is -0.696. The number of anilines is 1. The van der Waals surface area contributed by atoms with Crippen LogP contribution in [0.1, 0.15) is 37.9 Å². The Bertz CT molecular complexity index is 1450. The van der Waals surface area contributed by atoms with Gasteiger partial charge in [-0.2, -0.15) is 0 Å². The van der Waals surface area contributed by atoms with Crippen LogP contribution in [0.15, 0.2) is 66.7 Å². The second-order valence-electron chi connectivity index (χ2n) is 8.98. The predicted molar refractivity (Wildman–Crippen MR) is 124 cm³/mol. The van der Waals surface area contributed by atoms with Crippen LogP contribution in [0.3, 0.4) is 0 Å². The molecule has 2 fully saturated rings. The number of rotatable bonds is 2. The van der Waals surface area contributed by atoms with Crippen molar-refractivity contribution in [3.63, 3.8) is 0 Å². The summed E-state index contributed by atoms with van der Waals surface area (Å²) in [5, 5.41) is 0.355. The van der Waals surface area contributed by atoms with Crippen LogP contribution in [0.2, 0.25) is 5.02 Å². The summed E-state index contributed by atoms with van der Waals surface area (Å²) in [7, 11) is 0. The number of ketones is 2. The molecule has 6 nitrogen and oxygen atoms in total. The highest BCUT2D eigenvalue weighted by molar-refractivity contribution is 6.37. The van der Waals surface area contributed by atoms with Gasteiger partial charge < -0.3 is 4.74 Å². The number of ether oxygens (including phenoxy) is 1. The normalized spacial score (nSPS) is 24.4. The Morgan fingerprint density at radius 2 is 1.57 bits per heavy atom. The van der Waals surface area contributed by atoms with Gasteiger partial charge in [0.1, 0.15) is 5.82 Å². The molecule has 8 heteroatoms. The molecule has 2 amide bonds. The van der Waals surface area contributed by atoms with E-state index in [0.717, 1.165) is 10.5 Å². The van der Waals surface area contributed by atoms with E-state index in [9.17, 15) is 23.6 Å². The molecule has 0 radical (unpaired) electrons. The van der Waals surface area contributed by atoms with Crippen molar-refractivity contribution in [1.82, 2.24) is 0 Å². The van der Waals surface area contributed by atoms with E-state index in [2.05, 4.69) is 0 Å². The molecule has 0 saturated carbocycles. The molecule has 0 N–H and O–H groups in total. The molecule has 174 valence electrons. The number of aryl methyl sites for hydroxylation is 1. The molecular formula is C27H17ClFNO5. The second-order valence-corrected chi connectivity index (χ2v) is 9.39. The average molecular weight is 490 g/mol.